The normalized spacial score (nSPS) is 15.7. The number of H-pyrrole nitrogens is 1. The summed E-state index contributed by atoms with van der Waals surface area (Å²) in [5.41, 5.74) is 0.943. The zero-order valence-electron chi connectivity index (χ0n) is 15.7. The van der Waals surface area contributed by atoms with E-state index < -0.39 is 11.7 Å². The van der Waals surface area contributed by atoms with Crippen molar-refractivity contribution in [2.75, 3.05) is 20.2 Å². The number of rotatable bonds is 3. The van der Waals surface area contributed by atoms with E-state index in [-0.39, 0.29) is 17.5 Å². The van der Waals surface area contributed by atoms with Crippen molar-refractivity contribution >= 4 is 16.8 Å². The first-order valence-corrected chi connectivity index (χ1v) is 9.22. The van der Waals surface area contributed by atoms with Crippen LogP contribution in [0.1, 0.15) is 40.5 Å². The van der Waals surface area contributed by atoms with Crippen molar-refractivity contribution < 1.29 is 22.7 Å². The van der Waals surface area contributed by atoms with Crippen molar-refractivity contribution in [2.45, 2.75) is 24.9 Å². The summed E-state index contributed by atoms with van der Waals surface area (Å²) >= 11 is 0. The predicted octanol–water partition coefficient (Wildman–Crippen LogP) is 4.01. The summed E-state index contributed by atoms with van der Waals surface area (Å²) in [4.78, 5) is 17.9. The zero-order chi connectivity index (χ0) is 20.6. The molecule has 1 aliphatic heterocycles. The summed E-state index contributed by atoms with van der Waals surface area (Å²) in [6.07, 6.45) is -2.33. The van der Waals surface area contributed by atoms with E-state index in [1.54, 1.807) is 12.0 Å². The Morgan fingerprint density at radius 2 is 1.97 bits per heavy atom. The third-order valence-electron chi connectivity index (χ3n) is 5.30. The maximum atomic E-state index is 12.7. The quantitative estimate of drug-likeness (QED) is 0.716. The molecule has 0 atom stereocenters. The maximum Gasteiger partial charge on any atom is 0.417 e. The number of hydrogen-bond donors (Lipinski definition) is 1. The topological polar surface area (TPSA) is 71.1 Å². The summed E-state index contributed by atoms with van der Waals surface area (Å²) < 4.78 is 43.3. The lowest BCUT2D eigenvalue weighted by Crippen LogP contribution is -2.38. The van der Waals surface area contributed by atoms with E-state index in [0.29, 0.717) is 25.0 Å². The van der Waals surface area contributed by atoms with Crippen LogP contribution in [-0.4, -0.2) is 46.2 Å². The van der Waals surface area contributed by atoms with Gasteiger partial charge >= 0.3 is 6.18 Å². The number of likely N-dealkylation sites (tertiary alicyclic amines) is 1. The molecule has 0 saturated carbocycles. The maximum absolute atomic E-state index is 12.7. The van der Waals surface area contributed by atoms with Crippen LogP contribution in [0, 0.1) is 0 Å². The number of nitrogens with zero attached hydrogens (tertiary/aromatic N) is 3. The molecule has 1 N–H and O–H groups in total. The number of fused-ring (bicyclic) bond motifs is 1. The molecule has 1 aliphatic rings. The Hall–Kier alpha value is -3.10. The summed E-state index contributed by atoms with van der Waals surface area (Å²) in [6.45, 7) is 0.993. The van der Waals surface area contributed by atoms with E-state index >= 15 is 0 Å². The van der Waals surface area contributed by atoms with E-state index in [2.05, 4.69) is 15.2 Å². The molecule has 3 aromatic rings. The minimum absolute atomic E-state index is 0.0215. The average Bonchev–Trinajstić information content (AvgIpc) is 3.17. The summed E-state index contributed by atoms with van der Waals surface area (Å²) in [5.74, 6) is 0.552. The van der Waals surface area contributed by atoms with Crippen LogP contribution in [0.5, 0.6) is 5.75 Å². The number of carbonyl (C=O) groups excluding carboxylic acids is 1. The Morgan fingerprint density at radius 3 is 2.59 bits per heavy atom. The molecule has 152 valence electrons. The number of amides is 1. The Balaban J connectivity index is 1.45. The van der Waals surface area contributed by atoms with Gasteiger partial charge in [0.1, 0.15) is 17.0 Å². The third-order valence-corrected chi connectivity index (χ3v) is 5.30. The van der Waals surface area contributed by atoms with Gasteiger partial charge in [-0.1, -0.05) is 12.1 Å². The Bertz CT molecular complexity index is 1020. The monoisotopic (exact) mass is 404 g/mol. The second kappa shape index (κ2) is 7.38. The van der Waals surface area contributed by atoms with Crippen molar-refractivity contribution in [1.29, 1.82) is 0 Å². The predicted molar refractivity (Wildman–Crippen MR) is 99.8 cm³/mol. The molecule has 9 heteroatoms. The first kappa shape index (κ1) is 19.2. The van der Waals surface area contributed by atoms with Gasteiger partial charge in [-0.25, -0.2) is 0 Å². The van der Waals surface area contributed by atoms with Crippen molar-refractivity contribution in [1.82, 2.24) is 20.1 Å². The number of alkyl halides is 3. The van der Waals surface area contributed by atoms with Gasteiger partial charge in [-0.15, -0.1) is 0 Å². The van der Waals surface area contributed by atoms with Crippen LogP contribution in [0.25, 0.3) is 10.9 Å². The number of piperidine rings is 1. The number of pyridine rings is 1. The SMILES string of the molecule is COc1cccc2c(C3CCN(C(=O)c4ccc(C(F)(F)F)cn4)CC3)[nH]nc12. The van der Waals surface area contributed by atoms with Crippen LogP contribution >= 0.6 is 0 Å². The fourth-order valence-electron chi connectivity index (χ4n) is 3.73. The van der Waals surface area contributed by atoms with Crippen molar-refractivity contribution in [2.24, 2.45) is 0 Å². The lowest BCUT2D eigenvalue weighted by Gasteiger charge is -2.31. The molecule has 2 aromatic heterocycles. The van der Waals surface area contributed by atoms with Crippen LogP contribution in [0.15, 0.2) is 36.5 Å². The Labute approximate surface area is 164 Å². The number of aromatic nitrogens is 3. The van der Waals surface area contributed by atoms with E-state index in [1.807, 2.05) is 18.2 Å². The molecule has 4 rings (SSSR count). The lowest BCUT2D eigenvalue weighted by molar-refractivity contribution is -0.137. The molecule has 0 bridgehead atoms. The van der Waals surface area contributed by atoms with Crippen LogP contribution in [0.3, 0.4) is 0 Å². The van der Waals surface area contributed by atoms with E-state index in [4.69, 9.17) is 4.74 Å². The summed E-state index contributed by atoms with van der Waals surface area (Å²) in [7, 11) is 1.60. The van der Waals surface area contributed by atoms with Crippen LogP contribution in [0.4, 0.5) is 13.2 Å². The fourth-order valence-corrected chi connectivity index (χ4v) is 3.73. The van der Waals surface area contributed by atoms with Crippen LogP contribution < -0.4 is 4.74 Å². The van der Waals surface area contributed by atoms with Gasteiger partial charge in [-0.2, -0.15) is 18.3 Å². The molecule has 0 aliphatic carbocycles. The number of benzene rings is 1. The van der Waals surface area contributed by atoms with Gasteiger partial charge in [0.05, 0.1) is 12.7 Å². The summed E-state index contributed by atoms with van der Waals surface area (Å²) in [5, 5.41) is 8.46. The highest BCUT2D eigenvalue weighted by atomic mass is 19.4. The molecule has 0 spiro atoms. The molecular weight excluding hydrogens is 385 g/mol. The number of nitrogens with one attached hydrogen (secondary N) is 1. The molecule has 1 aromatic carbocycles. The number of para-hydroxylation sites is 1. The van der Waals surface area contributed by atoms with E-state index in [9.17, 15) is 18.0 Å². The van der Waals surface area contributed by atoms with Crippen LogP contribution in [0.2, 0.25) is 0 Å². The van der Waals surface area contributed by atoms with Gasteiger partial charge in [0.25, 0.3) is 5.91 Å². The largest absolute Gasteiger partial charge is 0.494 e. The third kappa shape index (κ3) is 3.64. The molecule has 1 amide bonds. The molecular formula is C20H19F3N4O2. The Kier molecular flexibility index (Phi) is 4.89. The fraction of sp³-hybridized carbons (Fsp3) is 0.350. The number of ether oxygens (including phenoxy) is 1. The second-order valence-electron chi connectivity index (χ2n) is 6.99. The van der Waals surface area contributed by atoms with Crippen LogP contribution in [-0.2, 0) is 6.18 Å². The minimum Gasteiger partial charge on any atom is -0.494 e. The molecule has 3 heterocycles. The number of halogens is 3. The van der Waals surface area contributed by atoms with Gasteiger partial charge in [0.15, 0.2) is 0 Å². The van der Waals surface area contributed by atoms with Crippen molar-refractivity contribution in [3.8, 4) is 5.75 Å². The number of carbonyl (C=O) groups is 1. The van der Waals surface area contributed by atoms with Gasteiger partial charge in [-0.05, 0) is 31.0 Å². The number of aromatic amines is 1. The number of hydrogen-bond acceptors (Lipinski definition) is 4. The first-order chi connectivity index (χ1) is 13.9. The van der Waals surface area contributed by atoms with Gasteiger partial charge in [0.2, 0.25) is 0 Å². The Morgan fingerprint density at radius 1 is 1.21 bits per heavy atom. The highest BCUT2D eigenvalue weighted by Gasteiger charge is 2.32. The molecule has 6 nitrogen and oxygen atoms in total. The highest BCUT2D eigenvalue weighted by Crippen LogP contribution is 2.34. The van der Waals surface area contributed by atoms with Crippen molar-refractivity contribution in [3.63, 3.8) is 0 Å². The molecule has 1 fully saturated rings. The lowest BCUT2D eigenvalue weighted by atomic mass is 9.91. The van der Waals surface area contributed by atoms with E-state index in [1.165, 1.54) is 0 Å². The smallest absolute Gasteiger partial charge is 0.417 e. The van der Waals surface area contributed by atoms with Gasteiger partial charge in [-0.3, -0.25) is 14.9 Å². The minimum atomic E-state index is -4.47. The molecule has 0 radical (unpaired) electrons. The number of methoxy groups -OCH3 is 1. The highest BCUT2D eigenvalue weighted by molar-refractivity contribution is 5.92. The van der Waals surface area contributed by atoms with Gasteiger partial charge in [0, 0.05) is 36.3 Å². The first-order valence-electron chi connectivity index (χ1n) is 9.22. The zero-order valence-corrected chi connectivity index (χ0v) is 15.7. The van der Waals surface area contributed by atoms with Crippen molar-refractivity contribution in [3.05, 3.63) is 53.5 Å². The average molecular weight is 404 g/mol. The molecule has 0 unspecified atom stereocenters. The second-order valence-corrected chi connectivity index (χ2v) is 6.99. The van der Waals surface area contributed by atoms with Gasteiger partial charge < -0.3 is 9.64 Å². The molecule has 1 saturated heterocycles. The summed E-state index contributed by atoms with van der Waals surface area (Å²) in [6, 6.07) is 7.77. The standard InChI is InChI=1S/C20H19F3N4O2/c1-29-16-4-2-3-14-17(25-26-18(14)16)12-7-9-27(10-8-12)19(28)15-6-5-13(11-24-15)20(21,22)23/h2-6,11-12H,7-10H2,1H3,(H,25,26). The van der Waals surface area contributed by atoms with E-state index in [0.717, 1.165) is 41.6 Å². The molecule has 29 heavy (non-hydrogen) atoms.